The lowest BCUT2D eigenvalue weighted by Crippen LogP contribution is -2.35. The maximum absolute atomic E-state index is 14.3. The summed E-state index contributed by atoms with van der Waals surface area (Å²) in [6, 6.07) is 5.07. The van der Waals surface area contributed by atoms with Gasteiger partial charge >= 0.3 is 0 Å². The van der Waals surface area contributed by atoms with E-state index in [0.717, 1.165) is 37.6 Å². The first kappa shape index (κ1) is 18.6. The number of rotatable bonds is 6. The Labute approximate surface area is 163 Å². The van der Waals surface area contributed by atoms with Crippen molar-refractivity contribution < 1.29 is 9.13 Å². The predicted octanol–water partition coefficient (Wildman–Crippen LogP) is 2.59. The molecule has 1 aliphatic rings. The highest BCUT2D eigenvalue weighted by atomic mass is 19.1. The Morgan fingerprint density at radius 1 is 1.25 bits per heavy atom. The fourth-order valence-electron chi connectivity index (χ4n) is 3.85. The highest BCUT2D eigenvalue weighted by molar-refractivity contribution is 5.29. The van der Waals surface area contributed by atoms with E-state index in [1.165, 1.54) is 6.07 Å². The van der Waals surface area contributed by atoms with Crippen molar-refractivity contribution >= 4 is 0 Å². The molecule has 28 heavy (non-hydrogen) atoms. The van der Waals surface area contributed by atoms with Crippen LogP contribution in [0.4, 0.5) is 4.39 Å². The van der Waals surface area contributed by atoms with E-state index < -0.39 is 0 Å². The largest absolute Gasteiger partial charge is 0.497 e. The number of hydrogen-bond acceptors (Lipinski definition) is 5. The first-order valence-corrected chi connectivity index (χ1v) is 9.52. The van der Waals surface area contributed by atoms with Crippen LogP contribution in [0.25, 0.3) is 0 Å². The first-order valence-electron chi connectivity index (χ1n) is 9.52. The first-order chi connectivity index (χ1) is 13.6. The van der Waals surface area contributed by atoms with Gasteiger partial charge in [-0.3, -0.25) is 4.90 Å². The lowest BCUT2D eigenvalue weighted by atomic mass is 9.96. The van der Waals surface area contributed by atoms with Gasteiger partial charge < -0.3 is 13.9 Å². The van der Waals surface area contributed by atoms with Gasteiger partial charge in [0.15, 0.2) is 5.82 Å². The quantitative estimate of drug-likeness (QED) is 0.654. The van der Waals surface area contributed by atoms with Crippen molar-refractivity contribution in [2.24, 2.45) is 7.05 Å². The second-order valence-corrected chi connectivity index (χ2v) is 7.30. The molecule has 3 heterocycles. The zero-order chi connectivity index (χ0) is 19.5. The number of methoxy groups -OCH3 is 1. The van der Waals surface area contributed by atoms with Crippen molar-refractivity contribution in [2.75, 3.05) is 20.2 Å². The molecule has 0 spiro atoms. The van der Waals surface area contributed by atoms with Crippen LogP contribution in [0.2, 0.25) is 0 Å². The number of ether oxygens (including phenoxy) is 1. The number of aromatic nitrogens is 5. The van der Waals surface area contributed by atoms with Gasteiger partial charge in [0, 0.05) is 50.1 Å². The summed E-state index contributed by atoms with van der Waals surface area (Å²) >= 11 is 0. The zero-order valence-electron chi connectivity index (χ0n) is 16.3. The molecule has 0 aliphatic carbocycles. The van der Waals surface area contributed by atoms with Crippen LogP contribution < -0.4 is 4.74 Å². The molecular weight excluding hydrogens is 359 g/mol. The average molecular weight is 384 g/mol. The molecule has 8 heteroatoms. The Kier molecular flexibility index (Phi) is 5.38. The van der Waals surface area contributed by atoms with Crippen molar-refractivity contribution in [2.45, 2.75) is 31.8 Å². The summed E-state index contributed by atoms with van der Waals surface area (Å²) in [5.41, 5.74) is 0.695. The molecule has 7 nitrogen and oxygen atoms in total. The van der Waals surface area contributed by atoms with E-state index in [2.05, 4.69) is 24.6 Å². The summed E-state index contributed by atoms with van der Waals surface area (Å²) in [6.07, 6.45) is 7.58. The number of nitrogens with zero attached hydrogens (tertiary/aromatic N) is 6. The maximum Gasteiger partial charge on any atom is 0.152 e. The lowest BCUT2D eigenvalue weighted by molar-refractivity contribution is 0.193. The Hall–Kier alpha value is -2.74. The number of piperidine rings is 1. The summed E-state index contributed by atoms with van der Waals surface area (Å²) in [5.74, 6) is 2.52. The predicted molar refractivity (Wildman–Crippen MR) is 103 cm³/mol. The minimum Gasteiger partial charge on any atom is -0.497 e. The van der Waals surface area contributed by atoms with Gasteiger partial charge in [-0.2, -0.15) is 0 Å². The van der Waals surface area contributed by atoms with Crippen LogP contribution in [0.1, 0.15) is 36.0 Å². The van der Waals surface area contributed by atoms with Crippen molar-refractivity contribution in [1.29, 1.82) is 0 Å². The topological polar surface area (TPSA) is 61.0 Å². The van der Waals surface area contributed by atoms with Gasteiger partial charge in [0.25, 0.3) is 0 Å². The fourth-order valence-corrected chi connectivity index (χ4v) is 3.85. The Morgan fingerprint density at radius 2 is 2.14 bits per heavy atom. The van der Waals surface area contributed by atoms with Crippen LogP contribution in [0.15, 0.2) is 36.9 Å². The number of hydrogen-bond donors (Lipinski definition) is 0. The molecule has 4 rings (SSSR count). The van der Waals surface area contributed by atoms with E-state index >= 15 is 0 Å². The molecule has 0 unspecified atom stereocenters. The number of likely N-dealkylation sites (tertiary alicyclic amines) is 1. The molecule has 0 N–H and O–H groups in total. The highest BCUT2D eigenvalue weighted by Crippen LogP contribution is 2.27. The molecule has 0 radical (unpaired) electrons. The summed E-state index contributed by atoms with van der Waals surface area (Å²) in [5, 5.41) is 8.84. The van der Waals surface area contributed by atoms with Gasteiger partial charge in [0.1, 0.15) is 17.4 Å². The van der Waals surface area contributed by atoms with E-state index in [0.29, 0.717) is 30.3 Å². The van der Waals surface area contributed by atoms with Gasteiger partial charge in [-0.05, 0) is 25.5 Å². The van der Waals surface area contributed by atoms with Gasteiger partial charge in [0.05, 0.1) is 20.0 Å². The van der Waals surface area contributed by atoms with Crippen LogP contribution in [0.3, 0.4) is 0 Å². The molecule has 0 bridgehead atoms. The van der Waals surface area contributed by atoms with E-state index in [1.54, 1.807) is 19.6 Å². The third kappa shape index (κ3) is 3.91. The van der Waals surface area contributed by atoms with E-state index in [-0.39, 0.29) is 5.82 Å². The van der Waals surface area contributed by atoms with Crippen molar-refractivity contribution in [1.82, 2.24) is 29.2 Å². The van der Waals surface area contributed by atoms with Crippen LogP contribution >= 0.6 is 0 Å². The summed E-state index contributed by atoms with van der Waals surface area (Å²) in [6.45, 7) is 3.05. The second kappa shape index (κ2) is 8.10. The number of benzene rings is 1. The van der Waals surface area contributed by atoms with Crippen LogP contribution in [0, 0.1) is 5.82 Å². The van der Waals surface area contributed by atoms with Crippen LogP contribution in [-0.4, -0.2) is 49.4 Å². The minimum atomic E-state index is -0.220. The molecular formula is C20H25FN6O. The molecule has 0 saturated carbocycles. The smallest absolute Gasteiger partial charge is 0.152 e. The van der Waals surface area contributed by atoms with Gasteiger partial charge in [-0.1, -0.05) is 6.07 Å². The molecule has 1 aromatic carbocycles. The molecule has 1 saturated heterocycles. The normalized spacial score (nSPS) is 17.8. The summed E-state index contributed by atoms with van der Waals surface area (Å²) < 4.78 is 23.5. The van der Waals surface area contributed by atoms with Crippen LogP contribution in [-0.2, 0) is 20.1 Å². The Balaban J connectivity index is 1.45. The number of imidazole rings is 1. The third-order valence-electron chi connectivity index (χ3n) is 5.41. The molecule has 1 atom stereocenters. The number of halogens is 1. The Bertz CT molecular complexity index is 923. The monoisotopic (exact) mass is 384 g/mol. The van der Waals surface area contributed by atoms with Gasteiger partial charge in [-0.15, -0.1) is 10.2 Å². The van der Waals surface area contributed by atoms with Gasteiger partial charge in [-0.25, -0.2) is 9.37 Å². The molecule has 0 amide bonds. The lowest BCUT2D eigenvalue weighted by Gasteiger charge is -2.32. The summed E-state index contributed by atoms with van der Waals surface area (Å²) in [7, 11) is 3.56. The zero-order valence-corrected chi connectivity index (χ0v) is 16.3. The Morgan fingerprint density at radius 3 is 2.89 bits per heavy atom. The van der Waals surface area contributed by atoms with Crippen molar-refractivity contribution in [3.8, 4) is 5.75 Å². The fraction of sp³-hybridized carbons (Fsp3) is 0.450. The van der Waals surface area contributed by atoms with E-state index in [1.807, 2.05) is 29.9 Å². The summed E-state index contributed by atoms with van der Waals surface area (Å²) in [4.78, 5) is 6.37. The van der Waals surface area contributed by atoms with Crippen molar-refractivity contribution in [3.63, 3.8) is 0 Å². The minimum absolute atomic E-state index is 0.220. The second-order valence-electron chi connectivity index (χ2n) is 7.30. The standard InChI is InChI=1S/C20H25FN6O/c1-25-19(13-27-9-7-22-14-27)23-24-20(25)16-4-3-8-26(12-16)11-15-5-6-17(28-2)10-18(15)21/h5-7,9-10,14,16H,3-4,8,11-13H2,1-2H3/t16-/m1/s1. The van der Waals surface area contributed by atoms with Gasteiger partial charge in [0.2, 0.25) is 0 Å². The molecule has 1 aliphatic heterocycles. The van der Waals surface area contributed by atoms with Crippen molar-refractivity contribution in [3.05, 3.63) is 59.9 Å². The maximum atomic E-state index is 14.3. The third-order valence-corrected chi connectivity index (χ3v) is 5.41. The highest BCUT2D eigenvalue weighted by Gasteiger charge is 2.26. The molecule has 1 fully saturated rings. The van der Waals surface area contributed by atoms with E-state index in [4.69, 9.17) is 4.74 Å². The molecule has 2 aromatic heterocycles. The molecule has 3 aromatic rings. The molecule has 148 valence electrons. The average Bonchev–Trinajstić information content (AvgIpc) is 3.34. The van der Waals surface area contributed by atoms with Crippen LogP contribution in [0.5, 0.6) is 5.75 Å². The SMILES string of the molecule is COc1ccc(CN2CCC[C@@H](c3nnc(Cn4ccnc4)n3C)C2)c(F)c1. The van der Waals surface area contributed by atoms with E-state index in [9.17, 15) is 4.39 Å².